The summed E-state index contributed by atoms with van der Waals surface area (Å²) in [6.45, 7) is 3.78. The molecule has 1 aliphatic heterocycles. The number of aryl methyl sites for hydroxylation is 1. The fraction of sp³-hybridized carbons (Fsp3) is 0.375. The first-order chi connectivity index (χ1) is 15.5. The number of hydrogen-bond acceptors (Lipinski definition) is 6. The summed E-state index contributed by atoms with van der Waals surface area (Å²) in [5.41, 5.74) is 4.29. The zero-order valence-corrected chi connectivity index (χ0v) is 18.0. The minimum absolute atomic E-state index is 0.141. The minimum Gasteiger partial charge on any atom is -0.458 e. The van der Waals surface area contributed by atoms with Gasteiger partial charge in [0.2, 0.25) is 11.7 Å². The lowest BCUT2D eigenvalue weighted by Gasteiger charge is -2.33. The number of aromatic nitrogens is 3. The average molecular weight is 432 g/mol. The molecule has 2 N–H and O–H groups in total. The van der Waals surface area contributed by atoms with Crippen LogP contribution in [-0.2, 0) is 6.42 Å². The standard InChI is InChI=1S/C24H24N4O4/c1-12-21(32-23(27-12)13(2)29)24(30)28-10-9-16-19(26-11-25-16)20(28)22-18(14-7-8-14)15-5-3-4-6-17(15)31-22/h3-6,11,13-14,20,29H,7-10H2,1-2H3,(H,25,26)/t13-,20-/m1/s1. The molecule has 0 radical (unpaired) electrons. The zero-order chi connectivity index (χ0) is 22.0. The number of carbonyl (C=O) groups excluding carboxylic acids is 1. The fourth-order valence-corrected chi connectivity index (χ4v) is 4.77. The van der Waals surface area contributed by atoms with Gasteiger partial charge in [0.05, 0.1) is 17.7 Å². The number of carbonyl (C=O) groups is 1. The highest BCUT2D eigenvalue weighted by molar-refractivity contribution is 5.93. The van der Waals surface area contributed by atoms with Gasteiger partial charge in [-0.1, -0.05) is 18.2 Å². The number of nitrogens with zero attached hydrogens (tertiary/aromatic N) is 3. The van der Waals surface area contributed by atoms with Gasteiger partial charge < -0.3 is 23.8 Å². The van der Waals surface area contributed by atoms with Crippen molar-refractivity contribution in [1.82, 2.24) is 19.9 Å². The van der Waals surface area contributed by atoms with Gasteiger partial charge in [0.15, 0.2) is 0 Å². The number of aliphatic hydroxyl groups is 1. The largest absolute Gasteiger partial charge is 0.458 e. The van der Waals surface area contributed by atoms with Gasteiger partial charge in [0, 0.05) is 29.6 Å². The van der Waals surface area contributed by atoms with Crippen molar-refractivity contribution in [2.45, 2.75) is 51.2 Å². The summed E-state index contributed by atoms with van der Waals surface area (Å²) >= 11 is 0. The Balaban J connectivity index is 1.51. The van der Waals surface area contributed by atoms with Crippen LogP contribution in [0.1, 0.15) is 82.7 Å². The normalized spacial score (nSPS) is 19.3. The SMILES string of the molecule is Cc1nc([C@@H](C)O)oc1C(=O)N1CCc2[nH]cnc2[C@@H]1c1oc2ccccc2c1C1CC1. The van der Waals surface area contributed by atoms with Gasteiger partial charge in [-0.2, -0.15) is 0 Å². The summed E-state index contributed by atoms with van der Waals surface area (Å²) < 4.78 is 12.1. The van der Waals surface area contributed by atoms with E-state index in [9.17, 15) is 9.90 Å². The van der Waals surface area contributed by atoms with Gasteiger partial charge >= 0.3 is 0 Å². The van der Waals surface area contributed by atoms with Crippen molar-refractivity contribution in [3.63, 3.8) is 0 Å². The van der Waals surface area contributed by atoms with Gasteiger partial charge in [-0.15, -0.1) is 0 Å². The van der Waals surface area contributed by atoms with E-state index in [0.29, 0.717) is 24.6 Å². The predicted octanol–water partition coefficient (Wildman–Crippen LogP) is 4.17. The lowest BCUT2D eigenvalue weighted by atomic mass is 9.95. The summed E-state index contributed by atoms with van der Waals surface area (Å²) in [5, 5.41) is 11.0. The third-order valence-electron chi connectivity index (χ3n) is 6.45. The molecule has 164 valence electrons. The Hall–Kier alpha value is -3.39. The van der Waals surface area contributed by atoms with Crippen LogP contribution in [0.3, 0.4) is 0 Å². The molecule has 4 aromatic rings. The van der Waals surface area contributed by atoms with Crippen LogP contribution in [0.25, 0.3) is 11.0 Å². The predicted molar refractivity (Wildman–Crippen MR) is 115 cm³/mol. The van der Waals surface area contributed by atoms with Crippen LogP contribution in [0.15, 0.2) is 39.4 Å². The van der Waals surface area contributed by atoms with E-state index in [2.05, 4.69) is 21.0 Å². The van der Waals surface area contributed by atoms with Crippen LogP contribution in [0.4, 0.5) is 0 Å². The Labute approximate surface area is 184 Å². The first-order valence-corrected chi connectivity index (χ1v) is 11.0. The molecule has 2 aliphatic rings. The molecule has 8 nitrogen and oxygen atoms in total. The topological polar surface area (TPSA) is 108 Å². The van der Waals surface area contributed by atoms with Gasteiger partial charge in [-0.3, -0.25) is 4.79 Å². The third-order valence-corrected chi connectivity index (χ3v) is 6.45. The lowest BCUT2D eigenvalue weighted by Crippen LogP contribution is -2.41. The number of amides is 1. The molecule has 1 aliphatic carbocycles. The van der Waals surface area contributed by atoms with Gasteiger partial charge in [-0.05, 0) is 38.7 Å². The van der Waals surface area contributed by atoms with E-state index in [1.165, 1.54) is 5.56 Å². The second-order valence-electron chi connectivity index (χ2n) is 8.71. The number of aliphatic hydroxyl groups excluding tert-OH is 1. The first kappa shape index (κ1) is 19.3. The Kier molecular flexibility index (Phi) is 4.26. The number of benzene rings is 1. The molecule has 1 aromatic carbocycles. The molecule has 2 atom stereocenters. The number of imidazole rings is 1. The maximum absolute atomic E-state index is 13.7. The number of nitrogens with one attached hydrogen (secondary N) is 1. The molecule has 6 rings (SSSR count). The zero-order valence-electron chi connectivity index (χ0n) is 18.0. The number of hydrogen-bond donors (Lipinski definition) is 2. The van der Waals surface area contributed by atoms with E-state index in [0.717, 1.165) is 41.0 Å². The Morgan fingerprint density at radius 3 is 2.84 bits per heavy atom. The minimum atomic E-state index is -0.887. The van der Waals surface area contributed by atoms with Gasteiger partial charge in [0.25, 0.3) is 5.91 Å². The molecule has 0 bridgehead atoms. The Morgan fingerprint density at radius 1 is 1.28 bits per heavy atom. The quantitative estimate of drug-likeness (QED) is 0.501. The van der Waals surface area contributed by atoms with Crippen LogP contribution in [0, 0.1) is 6.92 Å². The number of para-hydroxylation sites is 1. The van der Waals surface area contributed by atoms with Gasteiger partial charge in [-0.25, -0.2) is 9.97 Å². The van der Waals surface area contributed by atoms with Crippen molar-refractivity contribution in [1.29, 1.82) is 0 Å². The van der Waals surface area contributed by atoms with E-state index in [1.807, 2.05) is 18.2 Å². The van der Waals surface area contributed by atoms with Crippen molar-refractivity contribution in [3.05, 3.63) is 70.6 Å². The molecule has 3 aromatic heterocycles. The maximum Gasteiger partial charge on any atom is 0.292 e. The molecule has 1 fully saturated rings. The highest BCUT2D eigenvalue weighted by Gasteiger charge is 2.42. The van der Waals surface area contributed by atoms with Crippen LogP contribution < -0.4 is 0 Å². The molecule has 0 saturated heterocycles. The van der Waals surface area contributed by atoms with Crippen molar-refractivity contribution in [3.8, 4) is 0 Å². The molecule has 1 saturated carbocycles. The first-order valence-electron chi connectivity index (χ1n) is 11.0. The van der Waals surface area contributed by atoms with Crippen molar-refractivity contribution < 1.29 is 18.7 Å². The fourth-order valence-electron chi connectivity index (χ4n) is 4.77. The second-order valence-corrected chi connectivity index (χ2v) is 8.71. The van der Waals surface area contributed by atoms with Crippen LogP contribution in [0.5, 0.6) is 0 Å². The summed E-state index contributed by atoms with van der Waals surface area (Å²) in [7, 11) is 0. The molecule has 0 unspecified atom stereocenters. The molecule has 32 heavy (non-hydrogen) atoms. The van der Waals surface area contributed by atoms with E-state index >= 15 is 0 Å². The second kappa shape index (κ2) is 7.06. The van der Waals surface area contributed by atoms with Gasteiger partial charge in [0.1, 0.15) is 23.5 Å². The molecule has 8 heteroatoms. The highest BCUT2D eigenvalue weighted by atomic mass is 16.4. The van der Waals surface area contributed by atoms with Crippen molar-refractivity contribution in [2.75, 3.05) is 6.54 Å². The van der Waals surface area contributed by atoms with Crippen molar-refractivity contribution >= 4 is 16.9 Å². The monoisotopic (exact) mass is 432 g/mol. The van der Waals surface area contributed by atoms with E-state index in [4.69, 9.17) is 8.83 Å². The molecular formula is C24H24N4O4. The van der Waals surface area contributed by atoms with Crippen LogP contribution in [-0.4, -0.2) is 37.4 Å². The molecular weight excluding hydrogens is 408 g/mol. The number of rotatable bonds is 4. The molecule has 1 amide bonds. The molecule has 0 spiro atoms. The highest BCUT2D eigenvalue weighted by Crippen LogP contribution is 2.50. The lowest BCUT2D eigenvalue weighted by molar-refractivity contribution is 0.0629. The number of aromatic amines is 1. The Bertz CT molecular complexity index is 1330. The summed E-state index contributed by atoms with van der Waals surface area (Å²) in [5.74, 6) is 1.23. The number of H-pyrrole nitrogens is 1. The van der Waals surface area contributed by atoms with E-state index < -0.39 is 12.1 Å². The smallest absolute Gasteiger partial charge is 0.292 e. The van der Waals surface area contributed by atoms with Crippen LogP contribution in [0.2, 0.25) is 0 Å². The maximum atomic E-state index is 13.7. The summed E-state index contributed by atoms with van der Waals surface area (Å²) in [6, 6.07) is 7.59. The Morgan fingerprint density at radius 2 is 2.09 bits per heavy atom. The number of fused-ring (bicyclic) bond motifs is 2. The van der Waals surface area contributed by atoms with E-state index in [1.54, 1.807) is 25.1 Å². The summed E-state index contributed by atoms with van der Waals surface area (Å²) in [4.78, 5) is 27.5. The van der Waals surface area contributed by atoms with E-state index in [-0.39, 0.29) is 17.6 Å². The number of oxazole rings is 1. The average Bonchev–Trinajstić information content (AvgIpc) is 3.21. The van der Waals surface area contributed by atoms with Crippen LogP contribution >= 0.6 is 0 Å². The summed E-state index contributed by atoms with van der Waals surface area (Å²) in [6.07, 6.45) is 3.68. The third kappa shape index (κ3) is 2.90. The molecule has 4 heterocycles. The number of furan rings is 1. The van der Waals surface area contributed by atoms with Crippen molar-refractivity contribution in [2.24, 2.45) is 0 Å².